The zero-order valence-electron chi connectivity index (χ0n) is 19.1. The third kappa shape index (κ3) is 4.83. The van der Waals surface area contributed by atoms with Crippen LogP contribution >= 0.6 is 0 Å². The van der Waals surface area contributed by atoms with Crippen molar-refractivity contribution in [3.05, 3.63) is 40.7 Å². The first-order chi connectivity index (χ1) is 16.4. The van der Waals surface area contributed by atoms with E-state index < -0.39 is 11.7 Å². The van der Waals surface area contributed by atoms with Gasteiger partial charge in [-0.15, -0.1) is 0 Å². The van der Waals surface area contributed by atoms with Crippen LogP contribution in [0, 0.1) is 0 Å². The molecule has 182 valence electrons. The number of fused-ring (bicyclic) bond motifs is 1. The number of rotatable bonds is 3. The topological polar surface area (TPSA) is 82.2 Å². The number of carbonyl (C=O) groups is 1. The standard InChI is InChI=1S/C25H30F3N5O/c26-25(27,28)17-10-11-20-21(13-17)32-23(31-20)15-7-5-8-18(12-15)30-24(34)22-19-9-4-2-1-3-6-16(19)14-29-33-22/h10-11,13,15,18,29H,1-9,12,14H2,(H,30,34)(H,31,32). The Morgan fingerprint density at radius 1 is 1.06 bits per heavy atom. The molecule has 1 fully saturated rings. The molecule has 1 aliphatic heterocycles. The first-order valence-electron chi connectivity index (χ1n) is 12.3. The maximum Gasteiger partial charge on any atom is 0.416 e. The summed E-state index contributed by atoms with van der Waals surface area (Å²) in [5.41, 5.74) is 6.21. The summed E-state index contributed by atoms with van der Waals surface area (Å²) < 4.78 is 39.2. The summed E-state index contributed by atoms with van der Waals surface area (Å²) in [5.74, 6) is 0.615. The lowest BCUT2D eigenvalue weighted by atomic mass is 9.84. The molecule has 2 unspecified atom stereocenters. The average Bonchev–Trinajstić information content (AvgIpc) is 3.22. The lowest BCUT2D eigenvalue weighted by Gasteiger charge is -2.30. The molecule has 2 atom stereocenters. The molecule has 2 heterocycles. The van der Waals surface area contributed by atoms with Crippen molar-refractivity contribution in [3.8, 4) is 0 Å². The monoisotopic (exact) mass is 473 g/mol. The number of hydrogen-bond donors (Lipinski definition) is 3. The van der Waals surface area contributed by atoms with Crippen molar-refractivity contribution in [1.82, 2.24) is 20.7 Å². The van der Waals surface area contributed by atoms with Gasteiger partial charge in [0.25, 0.3) is 5.91 Å². The van der Waals surface area contributed by atoms with E-state index in [0.717, 1.165) is 69.2 Å². The van der Waals surface area contributed by atoms with E-state index in [1.165, 1.54) is 24.5 Å². The maximum absolute atomic E-state index is 13.2. The number of nitrogens with one attached hydrogen (secondary N) is 3. The molecule has 6 nitrogen and oxygen atoms in total. The minimum Gasteiger partial charge on any atom is -0.348 e. The third-order valence-electron chi connectivity index (χ3n) is 7.29. The zero-order chi connectivity index (χ0) is 23.7. The van der Waals surface area contributed by atoms with E-state index in [-0.39, 0.29) is 17.9 Å². The van der Waals surface area contributed by atoms with E-state index >= 15 is 0 Å². The molecule has 1 saturated carbocycles. The normalized spacial score (nSPS) is 24.0. The summed E-state index contributed by atoms with van der Waals surface area (Å²) in [7, 11) is 0. The molecular weight excluding hydrogens is 443 g/mol. The minimum atomic E-state index is -4.39. The number of halogens is 3. The summed E-state index contributed by atoms with van der Waals surface area (Å²) in [6.07, 6.45) is 5.55. The number of carbonyl (C=O) groups excluding carboxylic acids is 1. The summed E-state index contributed by atoms with van der Waals surface area (Å²) in [4.78, 5) is 20.8. The van der Waals surface area contributed by atoms with E-state index in [4.69, 9.17) is 0 Å². The molecule has 5 rings (SSSR count). The quantitative estimate of drug-likeness (QED) is 0.563. The van der Waals surface area contributed by atoms with Crippen LogP contribution in [0.5, 0.6) is 0 Å². The van der Waals surface area contributed by atoms with Gasteiger partial charge < -0.3 is 15.7 Å². The second kappa shape index (κ2) is 9.43. The third-order valence-corrected chi connectivity index (χ3v) is 7.29. The number of hydrogen-bond acceptors (Lipinski definition) is 4. The van der Waals surface area contributed by atoms with Crippen LogP contribution in [-0.4, -0.2) is 34.2 Å². The number of alkyl halides is 3. The Labute approximate surface area is 196 Å². The molecule has 3 N–H and O–H groups in total. The summed E-state index contributed by atoms with van der Waals surface area (Å²) in [5, 5.41) is 7.56. The Hall–Kier alpha value is -2.84. The Bertz CT molecular complexity index is 1130. The van der Waals surface area contributed by atoms with E-state index in [1.807, 2.05) is 0 Å². The molecule has 34 heavy (non-hydrogen) atoms. The van der Waals surface area contributed by atoms with Crippen molar-refractivity contribution in [3.63, 3.8) is 0 Å². The highest BCUT2D eigenvalue weighted by Gasteiger charge is 2.32. The number of H-pyrrole nitrogens is 1. The van der Waals surface area contributed by atoms with Crippen LogP contribution in [0.4, 0.5) is 13.2 Å². The zero-order valence-corrected chi connectivity index (χ0v) is 19.1. The van der Waals surface area contributed by atoms with Gasteiger partial charge in [0.2, 0.25) is 0 Å². The first-order valence-corrected chi connectivity index (χ1v) is 12.3. The fourth-order valence-corrected chi connectivity index (χ4v) is 5.49. The Balaban J connectivity index is 1.28. The molecule has 0 radical (unpaired) electrons. The van der Waals surface area contributed by atoms with Gasteiger partial charge in [0.05, 0.1) is 23.1 Å². The molecule has 0 spiro atoms. The number of imidazole rings is 1. The van der Waals surface area contributed by atoms with Crippen LogP contribution in [0.1, 0.15) is 81.5 Å². The van der Waals surface area contributed by atoms with Gasteiger partial charge >= 0.3 is 6.18 Å². The fraction of sp³-hybridized carbons (Fsp3) is 0.560. The lowest BCUT2D eigenvalue weighted by Crippen LogP contribution is -2.44. The van der Waals surface area contributed by atoms with Crippen LogP contribution in [0.15, 0.2) is 34.4 Å². The second-order valence-electron chi connectivity index (χ2n) is 9.68. The van der Waals surface area contributed by atoms with E-state index in [0.29, 0.717) is 29.0 Å². The molecule has 1 amide bonds. The highest BCUT2D eigenvalue weighted by Crippen LogP contribution is 2.35. The number of aromatic nitrogens is 2. The average molecular weight is 474 g/mol. The molecule has 3 aliphatic rings. The van der Waals surface area contributed by atoms with Crippen molar-refractivity contribution in [2.24, 2.45) is 5.10 Å². The second-order valence-corrected chi connectivity index (χ2v) is 9.68. The van der Waals surface area contributed by atoms with Crippen molar-refractivity contribution in [1.29, 1.82) is 0 Å². The van der Waals surface area contributed by atoms with Crippen molar-refractivity contribution in [2.75, 3.05) is 6.54 Å². The Morgan fingerprint density at radius 3 is 2.71 bits per heavy atom. The van der Waals surface area contributed by atoms with Gasteiger partial charge in [0, 0.05) is 12.0 Å². The van der Waals surface area contributed by atoms with Crippen LogP contribution in [0.2, 0.25) is 0 Å². The van der Waals surface area contributed by atoms with Gasteiger partial charge in [-0.25, -0.2) is 4.98 Å². The number of amides is 1. The van der Waals surface area contributed by atoms with Crippen LogP contribution < -0.4 is 10.7 Å². The van der Waals surface area contributed by atoms with Gasteiger partial charge in [-0.2, -0.15) is 18.3 Å². The van der Waals surface area contributed by atoms with Gasteiger partial charge in [-0.1, -0.05) is 19.3 Å². The van der Waals surface area contributed by atoms with Gasteiger partial charge in [-0.05, 0) is 74.3 Å². The molecule has 2 aliphatic carbocycles. The molecule has 1 aromatic heterocycles. The maximum atomic E-state index is 13.2. The molecule has 0 saturated heterocycles. The van der Waals surface area contributed by atoms with E-state index in [1.54, 1.807) is 0 Å². The molecule has 1 aromatic carbocycles. The number of benzene rings is 1. The molecule has 0 bridgehead atoms. The van der Waals surface area contributed by atoms with Crippen LogP contribution in [-0.2, 0) is 11.0 Å². The number of hydrazone groups is 1. The number of nitrogens with zero attached hydrogens (tertiary/aromatic N) is 2. The SMILES string of the molecule is O=C(NC1CCCC(c2nc3ccc(C(F)(F)F)cc3[nH]2)C1)C1=NNCC2=C1CCCCCC2. The van der Waals surface area contributed by atoms with Gasteiger partial charge in [0.15, 0.2) is 5.71 Å². The predicted molar refractivity (Wildman–Crippen MR) is 124 cm³/mol. The minimum absolute atomic E-state index is 0.0209. The van der Waals surface area contributed by atoms with Gasteiger partial charge in [-0.3, -0.25) is 4.79 Å². The van der Waals surface area contributed by atoms with Crippen molar-refractivity contribution >= 4 is 22.7 Å². The van der Waals surface area contributed by atoms with Crippen molar-refractivity contribution in [2.45, 2.75) is 82.3 Å². The summed E-state index contributed by atoms with van der Waals surface area (Å²) in [6, 6.07) is 3.57. The predicted octanol–water partition coefficient (Wildman–Crippen LogP) is 5.33. The number of aromatic amines is 1. The van der Waals surface area contributed by atoms with Crippen molar-refractivity contribution < 1.29 is 18.0 Å². The van der Waals surface area contributed by atoms with E-state index in [2.05, 4.69) is 25.8 Å². The lowest BCUT2D eigenvalue weighted by molar-refractivity contribution is -0.137. The highest BCUT2D eigenvalue weighted by atomic mass is 19.4. The molecule has 9 heteroatoms. The molecule has 2 aromatic rings. The largest absolute Gasteiger partial charge is 0.416 e. The summed E-state index contributed by atoms with van der Waals surface area (Å²) in [6.45, 7) is 0.722. The van der Waals surface area contributed by atoms with Crippen LogP contribution in [0.25, 0.3) is 11.0 Å². The summed E-state index contributed by atoms with van der Waals surface area (Å²) >= 11 is 0. The molecular formula is C25H30F3N5O. The van der Waals surface area contributed by atoms with E-state index in [9.17, 15) is 18.0 Å². The first kappa shape index (κ1) is 22.9. The van der Waals surface area contributed by atoms with Crippen LogP contribution in [0.3, 0.4) is 0 Å². The highest BCUT2D eigenvalue weighted by molar-refractivity contribution is 6.45. The Kier molecular flexibility index (Phi) is 6.36. The van der Waals surface area contributed by atoms with Gasteiger partial charge in [0.1, 0.15) is 5.82 Å². The smallest absolute Gasteiger partial charge is 0.348 e. The fourth-order valence-electron chi connectivity index (χ4n) is 5.49. The Morgan fingerprint density at radius 2 is 1.88 bits per heavy atom.